The Morgan fingerprint density at radius 1 is 1.41 bits per heavy atom. The number of nitrogens with zero attached hydrogens (tertiary/aromatic N) is 2. The van der Waals surface area contributed by atoms with Gasteiger partial charge in [-0.3, -0.25) is 4.79 Å². The van der Waals surface area contributed by atoms with E-state index in [0.29, 0.717) is 19.0 Å². The van der Waals surface area contributed by atoms with Crippen LogP contribution in [0.1, 0.15) is 33.6 Å². The fourth-order valence-corrected chi connectivity index (χ4v) is 2.94. The molecule has 22 heavy (non-hydrogen) atoms. The van der Waals surface area contributed by atoms with Crippen molar-refractivity contribution in [1.82, 2.24) is 15.1 Å². The summed E-state index contributed by atoms with van der Waals surface area (Å²) in [6.45, 7) is 13.3. The van der Waals surface area contributed by atoms with Crippen LogP contribution in [0.15, 0.2) is 24.4 Å². The summed E-state index contributed by atoms with van der Waals surface area (Å²) >= 11 is 0. The molecule has 0 aromatic heterocycles. The lowest BCUT2D eigenvalue weighted by Crippen LogP contribution is -2.40. The molecule has 1 fully saturated rings. The zero-order chi connectivity index (χ0) is 16.3. The average Bonchev–Trinajstić information content (AvgIpc) is 3.04. The number of urea groups is 1. The zero-order valence-corrected chi connectivity index (χ0v) is 13.9. The summed E-state index contributed by atoms with van der Waals surface area (Å²) < 4.78 is 0. The topological polar surface area (TPSA) is 52.7 Å². The van der Waals surface area contributed by atoms with Gasteiger partial charge in [-0.05, 0) is 30.3 Å². The van der Waals surface area contributed by atoms with Gasteiger partial charge in [0.15, 0.2) is 0 Å². The molecular formula is C17H27N3O2. The summed E-state index contributed by atoms with van der Waals surface area (Å²) in [5.74, 6) is 0.541. The normalized spacial score (nSPS) is 21.9. The first-order chi connectivity index (χ1) is 10.3. The third kappa shape index (κ3) is 3.90. The van der Waals surface area contributed by atoms with Crippen molar-refractivity contribution >= 4 is 11.9 Å². The van der Waals surface area contributed by atoms with Crippen molar-refractivity contribution in [2.24, 2.45) is 11.3 Å². The highest BCUT2D eigenvalue weighted by Crippen LogP contribution is 2.33. The number of nitrogens with one attached hydrogen (secondary N) is 1. The van der Waals surface area contributed by atoms with Crippen molar-refractivity contribution in [3.8, 4) is 0 Å². The van der Waals surface area contributed by atoms with Gasteiger partial charge in [0.05, 0.1) is 0 Å². The van der Waals surface area contributed by atoms with Gasteiger partial charge in [-0.2, -0.15) is 0 Å². The molecule has 2 aliphatic rings. The summed E-state index contributed by atoms with van der Waals surface area (Å²) in [7, 11) is 0. The van der Waals surface area contributed by atoms with E-state index in [-0.39, 0.29) is 17.4 Å². The molecular weight excluding hydrogens is 278 g/mol. The maximum atomic E-state index is 12.1. The molecule has 0 radical (unpaired) electrons. The molecule has 0 unspecified atom stereocenters. The molecule has 2 heterocycles. The van der Waals surface area contributed by atoms with Crippen molar-refractivity contribution in [2.45, 2.75) is 33.6 Å². The van der Waals surface area contributed by atoms with Crippen LogP contribution in [-0.4, -0.2) is 47.9 Å². The third-order valence-electron chi connectivity index (χ3n) is 4.57. The second-order valence-electron chi connectivity index (χ2n) is 7.20. The lowest BCUT2D eigenvalue weighted by atomic mass is 9.80. The van der Waals surface area contributed by atoms with Crippen LogP contribution < -0.4 is 5.32 Å². The van der Waals surface area contributed by atoms with Crippen LogP contribution in [0.2, 0.25) is 0 Å². The predicted molar refractivity (Wildman–Crippen MR) is 87.1 cm³/mol. The number of carbonyl (C=O) groups is 2. The largest absolute Gasteiger partial charge is 0.338 e. The molecule has 122 valence electrons. The third-order valence-corrected chi connectivity index (χ3v) is 4.57. The Morgan fingerprint density at radius 2 is 2.14 bits per heavy atom. The first-order valence-electron chi connectivity index (χ1n) is 8.00. The maximum absolute atomic E-state index is 12.1. The van der Waals surface area contributed by atoms with E-state index in [1.54, 1.807) is 11.0 Å². The van der Waals surface area contributed by atoms with E-state index in [9.17, 15) is 9.59 Å². The zero-order valence-electron chi connectivity index (χ0n) is 13.9. The maximum Gasteiger partial charge on any atom is 0.317 e. The van der Waals surface area contributed by atoms with E-state index >= 15 is 0 Å². The van der Waals surface area contributed by atoms with E-state index in [0.717, 1.165) is 31.6 Å². The van der Waals surface area contributed by atoms with E-state index in [4.69, 9.17) is 0 Å². The quantitative estimate of drug-likeness (QED) is 0.811. The van der Waals surface area contributed by atoms with Crippen LogP contribution >= 0.6 is 0 Å². The van der Waals surface area contributed by atoms with E-state index in [1.807, 2.05) is 4.90 Å². The molecule has 2 aliphatic heterocycles. The number of allylic oxidation sites excluding steroid dienone is 1. The summed E-state index contributed by atoms with van der Waals surface area (Å²) in [6, 6.07) is 0.0106. The van der Waals surface area contributed by atoms with E-state index in [2.05, 4.69) is 32.7 Å². The van der Waals surface area contributed by atoms with Gasteiger partial charge < -0.3 is 15.1 Å². The van der Waals surface area contributed by atoms with Crippen molar-refractivity contribution < 1.29 is 9.59 Å². The van der Waals surface area contributed by atoms with Crippen molar-refractivity contribution in [1.29, 1.82) is 0 Å². The fourth-order valence-electron chi connectivity index (χ4n) is 2.94. The van der Waals surface area contributed by atoms with Gasteiger partial charge in [0.1, 0.15) is 0 Å². The Hall–Kier alpha value is -1.78. The van der Waals surface area contributed by atoms with Crippen molar-refractivity contribution in [3.63, 3.8) is 0 Å². The molecule has 1 atom stereocenters. The van der Waals surface area contributed by atoms with Crippen LogP contribution in [0.3, 0.4) is 0 Å². The van der Waals surface area contributed by atoms with Crippen LogP contribution in [0.4, 0.5) is 4.79 Å². The Morgan fingerprint density at radius 3 is 2.68 bits per heavy atom. The first kappa shape index (κ1) is 16.6. The fraction of sp³-hybridized carbons (Fsp3) is 0.647. The minimum Gasteiger partial charge on any atom is -0.338 e. The Bertz CT molecular complexity index is 473. The van der Waals surface area contributed by atoms with Crippen LogP contribution in [0.25, 0.3) is 0 Å². The molecule has 0 aliphatic carbocycles. The Balaban J connectivity index is 1.67. The minimum absolute atomic E-state index is 0.0106. The minimum atomic E-state index is -0.0242. The summed E-state index contributed by atoms with van der Waals surface area (Å²) in [6.07, 6.45) is 5.05. The molecule has 1 N–H and O–H groups in total. The number of likely N-dealkylation sites (tertiary alicyclic amines) is 1. The summed E-state index contributed by atoms with van der Waals surface area (Å²) in [5, 5.41) is 2.95. The molecule has 3 amide bonds. The van der Waals surface area contributed by atoms with Crippen molar-refractivity contribution in [2.75, 3.05) is 26.2 Å². The van der Waals surface area contributed by atoms with Crippen LogP contribution in [0.5, 0.6) is 0 Å². The lowest BCUT2D eigenvalue weighted by molar-refractivity contribution is -0.123. The SMILES string of the molecule is C=C1C=CC(=O)N1CCCNC(=O)N1CC[C@@H](C(C)(C)C)C1. The molecule has 0 spiro atoms. The number of rotatable bonds is 4. The van der Waals surface area contributed by atoms with Gasteiger partial charge in [-0.15, -0.1) is 0 Å². The highest BCUT2D eigenvalue weighted by atomic mass is 16.2. The second kappa shape index (κ2) is 6.55. The molecule has 1 saturated heterocycles. The molecule has 0 bridgehead atoms. The number of amides is 3. The smallest absolute Gasteiger partial charge is 0.317 e. The molecule has 2 rings (SSSR count). The van der Waals surface area contributed by atoms with Crippen LogP contribution in [-0.2, 0) is 4.79 Å². The average molecular weight is 305 g/mol. The predicted octanol–water partition coefficient (Wildman–Crippen LogP) is 2.37. The van der Waals surface area contributed by atoms with Gasteiger partial charge in [-0.25, -0.2) is 4.79 Å². The molecule has 0 aromatic rings. The number of carbonyl (C=O) groups excluding carboxylic acids is 2. The van der Waals surface area contributed by atoms with E-state index in [1.165, 1.54) is 6.08 Å². The van der Waals surface area contributed by atoms with Gasteiger partial charge in [0.2, 0.25) is 0 Å². The molecule has 5 heteroatoms. The molecule has 0 aromatic carbocycles. The second-order valence-corrected chi connectivity index (χ2v) is 7.20. The van der Waals surface area contributed by atoms with Gasteiger partial charge in [0, 0.05) is 38.0 Å². The van der Waals surface area contributed by atoms with Gasteiger partial charge >= 0.3 is 6.03 Å². The number of hydrogen-bond donors (Lipinski definition) is 1. The van der Waals surface area contributed by atoms with E-state index < -0.39 is 0 Å². The Labute approximate surface area is 133 Å². The monoisotopic (exact) mass is 305 g/mol. The Kier molecular flexibility index (Phi) is 4.94. The highest BCUT2D eigenvalue weighted by molar-refractivity contribution is 5.92. The van der Waals surface area contributed by atoms with Crippen LogP contribution in [0, 0.1) is 11.3 Å². The van der Waals surface area contributed by atoms with Gasteiger partial charge in [0.25, 0.3) is 5.91 Å². The summed E-state index contributed by atoms with van der Waals surface area (Å²) in [5.41, 5.74) is 0.974. The highest BCUT2D eigenvalue weighted by Gasteiger charge is 2.33. The number of hydrogen-bond acceptors (Lipinski definition) is 2. The standard InChI is InChI=1S/C17H27N3O2/c1-13-6-7-15(21)20(13)10-5-9-18-16(22)19-11-8-14(12-19)17(2,3)4/h6-7,14H,1,5,8-12H2,2-4H3,(H,18,22)/t14-/m1/s1. The molecule has 5 nitrogen and oxygen atoms in total. The molecule has 0 saturated carbocycles. The lowest BCUT2D eigenvalue weighted by Gasteiger charge is -2.27. The first-order valence-corrected chi connectivity index (χ1v) is 8.00. The van der Waals surface area contributed by atoms with Gasteiger partial charge in [-0.1, -0.05) is 27.4 Å². The summed E-state index contributed by atoms with van der Waals surface area (Å²) in [4.78, 5) is 27.2. The van der Waals surface area contributed by atoms with Crippen molar-refractivity contribution in [3.05, 3.63) is 24.4 Å².